The van der Waals surface area contributed by atoms with Crippen molar-refractivity contribution in [2.75, 3.05) is 12.8 Å². The van der Waals surface area contributed by atoms with Crippen molar-refractivity contribution in [2.45, 2.75) is 11.4 Å². The van der Waals surface area contributed by atoms with Crippen LogP contribution < -0.4 is 15.2 Å². The van der Waals surface area contributed by atoms with E-state index >= 15 is 0 Å². The lowest BCUT2D eigenvalue weighted by Crippen LogP contribution is -2.23. The smallest absolute Gasteiger partial charge is 0.242 e. The highest BCUT2D eigenvalue weighted by Crippen LogP contribution is 2.23. The Morgan fingerprint density at radius 3 is 2.62 bits per heavy atom. The first kappa shape index (κ1) is 15.6. The molecule has 0 aliphatic heterocycles. The Labute approximate surface area is 128 Å². The molecule has 2 aromatic rings. The predicted octanol–water partition coefficient (Wildman–Crippen LogP) is 2.41. The lowest BCUT2D eigenvalue weighted by molar-refractivity contribution is 0.409. The molecule has 3 N–H and O–H groups in total. The summed E-state index contributed by atoms with van der Waals surface area (Å²) in [7, 11) is -2.19. The molecule has 0 unspecified atom stereocenters. The van der Waals surface area contributed by atoms with Crippen LogP contribution in [0.3, 0.4) is 0 Å². The molecule has 0 bridgehead atoms. The van der Waals surface area contributed by atoms with Crippen molar-refractivity contribution >= 4 is 27.3 Å². The van der Waals surface area contributed by atoms with Crippen LogP contribution in [0, 0.1) is 0 Å². The number of hydrogen-bond donors (Lipinski definition) is 2. The van der Waals surface area contributed by atoms with E-state index in [9.17, 15) is 8.42 Å². The zero-order valence-corrected chi connectivity index (χ0v) is 12.9. The van der Waals surface area contributed by atoms with Gasteiger partial charge in [-0.25, -0.2) is 13.1 Å². The molecule has 21 heavy (non-hydrogen) atoms. The summed E-state index contributed by atoms with van der Waals surface area (Å²) < 4.78 is 32.2. The van der Waals surface area contributed by atoms with Gasteiger partial charge >= 0.3 is 0 Å². The quantitative estimate of drug-likeness (QED) is 0.827. The summed E-state index contributed by atoms with van der Waals surface area (Å²) in [6.45, 7) is 0.0573. The average Bonchev–Trinajstić information content (AvgIpc) is 2.45. The molecule has 7 heteroatoms. The highest BCUT2D eigenvalue weighted by molar-refractivity contribution is 7.89. The van der Waals surface area contributed by atoms with E-state index < -0.39 is 10.0 Å². The van der Waals surface area contributed by atoms with Crippen LogP contribution in [-0.2, 0) is 16.6 Å². The number of benzene rings is 2. The Morgan fingerprint density at radius 2 is 1.95 bits per heavy atom. The Kier molecular flexibility index (Phi) is 4.72. The van der Waals surface area contributed by atoms with Crippen LogP contribution in [0.5, 0.6) is 5.75 Å². The van der Waals surface area contributed by atoms with E-state index in [2.05, 4.69) is 4.72 Å². The van der Waals surface area contributed by atoms with Crippen LogP contribution in [0.25, 0.3) is 0 Å². The van der Waals surface area contributed by atoms with Gasteiger partial charge in [0.1, 0.15) is 10.6 Å². The van der Waals surface area contributed by atoms with Crippen molar-refractivity contribution in [1.82, 2.24) is 4.72 Å². The first-order chi connectivity index (χ1) is 9.94. The minimum atomic E-state index is -3.71. The molecular weight excluding hydrogens is 312 g/mol. The summed E-state index contributed by atoms with van der Waals surface area (Å²) in [6.07, 6.45) is 0. The number of anilines is 1. The fourth-order valence-corrected chi connectivity index (χ4v) is 3.37. The number of rotatable bonds is 5. The third-order valence-corrected chi connectivity index (χ3v) is 4.78. The van der Waals surface area contributed by atoms with E-state index in [-0.39, 0.29) is 16.5 Å². The number of halogens is 1. The van der Waals surface area contributed by atoms with Gasteiger partial charge < -0.3 is 10.5 Å². The van der Waals surface area contributed by atoms with E-state index in [0.717, 1.165) is 0 Å². The number of hydrogen-bond acceptors (Lipinski definition) is 4. The van der Waals surface area contributed by atoms with Crippen LogP contribution in [0.4, 0.5) is 5.69 Å². The molecule has 0 saturated heterocycles. The van der Waals surface area contributed by atoms with E-state index in [1.54, 1.807) is 30.3 Å². The van der Waals surface area contributed by atoms with Crippen molar-refractivity contribution < 1.29 is 13.2 Å². The molecule has 0 fully saturated rings. The van der Waals surface area contributed by atoms with Gasteiger partial charge in [0, 0.05) is 17.8 Å². The number of nitrogens with two attached hydrogens (primary N) is 1. The van der Waals surface area contributed by atoms with Crippen LogP contribution in [0.15, 0.2) is 47.4 Å². The van der Waals surface area contributed by atoms with Gasteiger partial charge in [-0.15, -0.1) is 0 Å². The molecule has 0 spiro atoms. The monoisotopic (exact) mass is 326 g/mol. The van der Waals surface area contributed by atoms with E-state index in [1.165, 1.54) is 19.2 Å². The van der Waals surface area contributed by atoms with E-state index in [4.69, 9.17) is 22.1 Å². The number of nitrogens with one attached hydrogen (secondary N) is 1. The van der Waals surface area contributed by atoms with Crippen LogP contribution in [-0.4, -0.2) is 15.5 Å². The molecule has 0 amide bonds. The fourth-order valence-electron chi connectivity index (χ4n) is 1.85. The molecule has 112 valence electrons. The highest BCUT2D eigenvalue weighted by atomic mass is 35.5. The molecular formula is C14H15ClN2O3S. The highest BCUT2D eigenvalue weighted by Gasteiger charge is 2.17. The maximum absolute atomic E-state index is 12.2. The summed E-state index contributed by atoms with van der Waals surface area (Å²) in [5.41, 5.74) is 6.88. The summed E-state index contributed by atoms with van der Waals surface area (Å²) in [5.74, 6) is 0.561. The molecule has 0 atom stereocenters. The Balaban J connectivity index is 2.24. The van der Waals surface area contributed by atoms with Gasteiger partial charge in [-0.2, -0.15) is 0 Å². The second-order valence-electron chi connectivity index (χ2n) is 4.33. The third-order valence-electron chi connectivity index (χ3n) is 2.88. The third kappa shape index (κ3) is 3.66. The van der Waals surface area contributed by atoms with Gasteiger partial charge in [0.05, 0.1) is 12.1 Å². The fraction of sp³-hybridized carbons (Fsp3) is 0.143. The first-order valence-corrected chi connectivity index (χ1v) is 7.97. The number of nitrogen functional groups attached to an aromatic ring is 1. The van der Waals surface area contributed by atoms with Gasteiger partial charge in [0.15, 0.2) is 0 Å². The summed E-state index contributed by atoms with van der Waals surface area (Å²) >= 11 is 5.91. The Morgan fingerprint density at radius 1 is 1.24 bits per heavy atom. The molecule has 0 aliphatic carbocycles. The van der Waals surface area contributed by atoms with Crippen LogP contribution in [0.2, 0.25) is 5.02 Å². The van der Waals surface area contributed by atoms with Gasteiger partial charge in [0.25, 0.3) is 0 Å². The predicted molar refractivity (Wildman–Crippen MR) is 82.9 cm³/mol. The number of sulfonamides is 1. The molecule has 0 heterocycles. The molecule has 0 aromatic heterocycles. The topological polar surface area (TPSA) is 81.4 Å². The normalized spacial score (nSPS) is 11.3. The minimum absolute atomic E-state index is 0.0366. The second kappa shape index (κ2) is 6.34. The molecule has 0 aliphatic rings. The van der Waals surface area contributed by atoms with Gasteiger partial charge in [0.2, 0.25) is 10.0 Å². The maximum atomic E-state index is 12.2. The van der Waals surface area contributed by atoms with Crippen LogP contribution >= 0.6 is 11.6 Å². The van der Waals surface area contributed by atoms with Gasteiger partial charge in [-0.3, -0.25) is 0 Å². The summed E-state index contributed by atoms with van der Waals surface area (Å²) in [4.78, 5) is 0.0366. The first-order valence-electron chi connectivity index (χ1n) is 6.10. The average molecular weight is 327 g/mol. The standard InChI is InChI=1S/C14H15ClN2O3S/c1-20-13-7-6-11(16)8-10(13)9-17-21(18,19)14-5-3-2-4-12(14)15/h2-8,17H,9,16H2,1H3. The van der Waals surface area contributed by atoms with Crippen molar-refractivity contribution in [2.24, 2.45) is 0 Å². The SMILES string of the molecule is COc1ccc(N)cc1CNS(=O)(=O)c1ccccc1Cl. The summed E-state index contributed by atoms with van der Waals surface area (Å²) in [6, 6.07) is 11.3. The van der Waals surface area contributed by atoms with Crippen molar-refractivity contribution in [3.8, 4) is 5.75 Å². The lowest BCUT2D eigenvalue weighted by atomic mass is 10.2. The number of ether oxygens (including phenoxy) is 1. The lowest BCUT2D eigenvalue weighted by Gasteiger charge is -2.11. The van der Waals surface area contributed by atoms with Crippen LogP contribution in [0.1, 0.15) is 5.56 Å². The Bertz CT molecular complexity index is 748. The molecule has 0 radical (unpaired) electrons. The van der Waals surface area contributed by atoms with E-state index in [1.807, 2.05) is 0 Å². The van der Waals surface area contributed by atoms with Gasteiger partial charge in [-0.05, 0) is 30.3 Å². The van der Waals surface area contributed by atoms with Crippen molar-refractivity contribution in [1.29, 1.82) is 0 Å². The Hall–Kier alpha value is -1.76. The van der Waals surface area contributed by atoms with Crippen molar-refractivity contribution in [3.05, 3.63) is 53.1 Å². The number of methoxy groups -OCH3 is 1. The van der Waals surface area contributed by atoms with E-state index in [0.29, 0.717) is 17.0 Å². The zero-order chi connectivity index (χ0) is 15.5. The van der Waals surface area contributed by atoms with Gasteiger partial charge in [-0.1, -0.05) is 23.7 Å². The largest absolute Gasteiger partial charge is 0.496 e. The molecule has 0 saturated carbocycles. The van der Waals surface area contributed by atoms with Crippen molar-refractivity contribution in [3.63, 3.8) is 0 Å². The molecule has 2 rings (SSSR count). The maximum Gasteiger partial charge on any atom is 0.242 e. The molecule has 2 aromatic carbocycles. The molecule has 5 nitrogen and oxygen atoms in total. The zero-order valence-electron chi connectivity index (χ0n) is 11.3. The minimum Gasteiger partial charge on any atom is -0.496 e. The second-order valence-corrected chi connectivity index (χ2v) is 6.47. The summed E-state index contributed by atoms with van der Waals surface area (Å²) in [5, 5.41) is 0.171.